The van der Waals surface area contributed by atoms with E-state index in [-0.39, 0.29) is 13.8 Å². The first-order chi connectivity index (χ1) is 5.10. The van der Waals surface area contributed by atoms with Crippen molar-refractivity contribution in [3.8, 4) is 0 Å². The van der Waals surface area contributed by atoms with Gasteiger partial charge in [0.2, 0.25) is 0 Å². The predicted molar refractivity (Wildman–Crippen MR) is 31.6 cm³/mol. The van der Waals surface area contributed by atoms with Crippen LogP contribution < -0.4 is 0 Å². The second-order valence-corrected chi connectivity index (χ2v) is 2.73. The minimum Gasteiger partial charge on any atom is -0.199 e. The van der Waals surface area contributed by atoms with Gasteiger partial charge in [-0.3, -0.25) is 0 Å². The molecule has 0 bridgehead atoms. The Kier molecular flexibility index (Phi) is 3.60. The van der Waals surface area contributed by atoms with E-state index in [0.717, 1.165) is 0 Å². The van der Waals surface area contributed by atoms with Gasteiger partial charge in [-0.2, -0.15) is 30.1 Å². The monoisotopic (exact) mass is 210 g/mol. The first kappa shape index (κ1) is 11.8. The van der Waals surface area contributed by atoms with Crippen LogP contribution in [0.4, 0.5) is 17.6 Å². The highest BCUT2D eigenvalue weighted by Crippen LogP contribution is 2.20. The first-order valence-electron chi connectivity index (χ1n) is 2.66. The molecule has 0 saturated carbocycles. The van der Waals surface area contributed by atoms with Gasteiger partial charge in [-0.1, -0.05) is 0 Å². The van der Waals surface area contributed by atoms with Gasteiger partial charge in [0, 0.05) is 13.8 Å². The van der Waals surface area contributed by atoms with Gasteiger partial charge in [0.25, 0.3) is 0 Å². The average Bonchev–Trinajstić information content (AvgIpc) is 1.49. The third-order valence-electron chi connectivity index (χ3n) is 0.429. The highest BCUT2D eigenvalue weighted by molar-refractivity contribution is 7.75. The molecule has 0 aliphatic carbocycles. The average molecular weight is 210 g/mol. The summed E-state index contributed by atoms with van der Waals surface area (Å²) in [5.74, 6) is 0. The summed E-state index contributed by atoms with van der Waals surface area (Å²) < 4.78 is 63.9. The van der Waals surface area contributed by atoms with E-state index in [1.54, 1.807) is 0 Å². The third kappa shape index (κ3) is 7.89. The van der Waals surface area contributed by atoms with Crippen molar-refractivity contribution in [3.63, 3.8) is 0 Å². The molecule has 0 aromatic rings. The molecule has 0 unspecified atom stereocenters. The van der Waals surface area contributed by atoms with Crippen LogP contribution in [0, 0.1) is 0 Å². The zero-order valence-corrected chi connectivity index (χ0v) is 6.96. The molecule has 0 aliphatic rings. The molecule has 8 heteroatoms. The van der Waals surface area contributed by atoms with Crippen LogP contribution in [0.3, 0.4) is 0 Å². The number of rotatable bonds is 4. The molecule has 0 fully saturated rings. The van der Waals surface area contributed by atoms with Gasteiger partial charge in [-0.05, 0) is 0 Å². The topological polar surface area (TPSA) is 35.5 Å². The van der Waals surface area contributed by atoms with Crippen molar-refractivity contribution in [2.45, 2.75) is 26.1 Å². The summed E-state index contributed by atoms with van der Waals surface area (Å²) in [6.07, 6.45) is -7.54. The van der Waals surface area contributed by atoms with Crippen LogP contribution in [0.15, 0.2) is 0 Å². The fraction of sp³-hybridized carbons (Fsp3) is 1.00. The normalized spacial score (nSPS) is 13.9. The van der Waals surface area contributed by atoms with Crippen molar-refractivity contribution in [1.29, 1.82) is 0 Å². The quantitative estimate of drug-likeness (QED) is 0.664. The fourth-order valence-electron chi connectivity index (χ4n) is 0.256. The molecule has 0 heterocycles. The largest absolute Gasteiger partial charge is 0.366 e. The fourth-order valence-corrected chi connectivity index (χ4v) is 0.768. The van der Waals surface area contributed by atoms with Gasteiger partial charge in [-0.15, -0.1) is 0 Å². The number of hydrogen-bond acceptors (Lipinski definition) is 3. The summed E-state index contributed by atoms with van der Waals surface area (Å²) in [7, 11) is 0. The van der Waals surface area contributed by atoms with Crippen molar-refractivity contribution < 1.29 is 30.1 Å². The van der Waals surface area contributed by atoms with E-state index < -0.39 is 23.6 Å². The zero-order chi connectivity index (χ0) is 9.99. The first-order valence-corrected chi connectivity index (χ1v) is 3.66. The van der Waals surface area contributed by atoms with Crippen LogP contribution >= 0.6 is 0 Å². The second kappa shape index (κ2) is 3.67. The molecular weight excluding hydrogens is 204 g/mol. The van der Waals surface area contributed by atoms with Crippen molar-refractivity contribution >= 4 is 11.4 Å². The summed E-state index contributed by atoms with van der Waals surface area (Å²) in [6.45, 7) is 0.504. The summed E-state index contributed by atoms with van der Waals surface area (Å²) in [4.78, 5) is 0. The van der Waals surface area contributed by atoms with Crippen molar-refractivity contribution in [3.05, 3.63) is 0 Å². The molecule has 0 spiro atoms. The lowest BCUT2D eigenvalue weighted by Gasteiger charge is -2.12. The molecule has 12 heavy (non-hydrogen) atoms. The number of alkyl halides is 4. The standard InChI is InChI=1S/C4H6F4O3S/c1-3(5,6)10-12(9)11-4(2,7)8/h1-2H3. The Hall–Kier alpha value is -0.210. The maximum Gasteiger partial charge on any atom is 0.366 e. The molecule has 0 rings (SSSR count). The van der Waals surface area contributed by atoms with Gasteiger partial charge in [0.15, 0.2) is 0 Å². The van der Waals surface area contributed by atoms with Crippen LogP contribution in [0.1, 0.15) is 13.8 Å². The molecule has 0 amide bonds. The Balaban J connectivity index is 3.92. The Labute approximate surface area is 68.5 Å². The number of hydrogen-bond donors (Lipinski definition) is 0. The zero-order valence-electron chi connectivity index (χ0n) is 6.14. The van der Waals surface area contributed by atoms with Crippen molar-refractivity contribution in [1.82, 2.24) is 0 Å². The van der Waals surface area contributed by atoms with Gasteiger partial charge in [-0.25, -0.2) is 0 Å². The Morgan fingerprint density at radius 3 is 1.42 bits per heavy atom. The molecule has 0 aromatic carbocycles. The smallest absolute Gasteiger partial charge is 0.199 e. The SMILES string of the molecule is CC(F)(F)OS(=O)OC(C)(F)F. The van der Waals surface area contributed by atoms with E-state index in [4.69, 9.17) is 0 Å². The minimum absolute atomic E-state index is 0.252. The van der Waals surface area contributed by atoms with Crippen LogP contribution in [0.25, 0.3) is 0 Å². The highest BCUT2D eigenvalue weighted by atomic mass is 32.2. The maximum atomic E-state index is 11.8. The van der Waals surface area contributed by atoms with Crippen molar-refractivity contribution in [2.75, 3.05) is 0 Å². The van der Waals surface area contributed by atoms with Gasteiger partial charge in [0.1, 0.15) is 0 Å². The lowest BCUT2D eigenvalue weighted by atomic mass is 10.8. The lowest BCUT2D eigenvalue weighted by molar-refractivity contribution is -0.187. The van der Waals surface area contributed by atoms with E-state index in [1.165, 1.54) is 0 Å². The predicted octanol–water partition coefficient (Wildman–Crippen LogP) is 1.82. The van der Waals surface area contributed by atoms with E-state index in [0.29, 0.717) is 0 Å². The Bertz CT molecular complexity index is 154. The van der Waals surface area contributed by atoms with Crippen LogP contribution in [0.5, 0.6) is 0 Å². The van der Waals surface area contributed by atoms with Crippen LogP contribution in [-0.2, 0) is 19.7 Å². The molecule has 0 aromatic heterocycles. The van der Waals surface area contributed by atoms with Gasteiger partial charge in [0.05, 0.1) is 0 Å². The molecule has 3 nitrogen and oxygen atoms in total. The molecule has 0 saturated heterocycles. The van der Waals surface area contributed by atoms with E-state index in [1.807, 2.05) is 0 Å². The number of halogens is 4. The highest BCUT2D eigenvalue weighted by Gasteiger charge is 2.32. The molecule has 0 atom stereocenters. The van der Waals surface area contributed by atoms with Crippen LogP contribution in [0.2, 0.25) is 0 Å². The Morgan fingerprint density at radius 2 is 1.25 bits per heavy atom. The van der Waals surface area contributed by atoms with Crippen molar-refractivity contribution in [2.24, 2.45) is 0 Å². The van der Waals surface area contributed by atoms with Gasteiger partial charge < -0.3 is 0 Å². The molecule has 0 aliphatic heterocycles. The van der Waals surface area contributed by atoms with E-state index >= 15 is 0 Å². The summed E-state index contributed by atoms with van der Waals surface area (Å²) in [6, 6.07) is 0. The van der Waals surface area contributed by atoms with Gasteiger partial charge >= 0.3 is 23.6 Å². The molecular formula is C4H6F4O3S. The summed E-state index contributed by atoms with van der Waals surface area (Å²) in [5, 5.41) is 0. The molecule has 74 valence electrons. The molecule has 0 radical (unpaired) electrons. The second-order valence-electron chi connectivity index (χ2n) is 1.99. The summed E-state index contributed by atoms with van der Waals surface area (Å²) in [5.41, 5.74) is 0. The third-order valence-corrected chi connectivity index (χ3v) is 1.29. The minimum atomic E-state index is -3.77. The van der Waals surface area contributed by atoms with E-state index in [2.05, 4.69) is 8.37 Å². The maximum absolute atomic E-state index is 11.8. The van der Waals surface area contributed by atoms with Crippen LogP contribution in [-0.4, -0.2) is 16.4 Å². The van der Waals surface area contributed by atoms with E-state index in [9.17, 15) is 21.8 Å². The Morgan fingerprint density at radius 1 is 1.00 bits per heavy atom. The molecule has 0 N–H and O–H groups in total. The lowest BCUT2D eigenvalue weighted by Crippen LogP contribution is -2.24. The summed E-state index contributed by atoms with van der Waals surface area (Å²) >= 11 is -3.16.